The Morgan fingerprint density at radius 3 is 2.70 bits per heavy atom. The second-order valence-corrected chi connectivity index (χ2v) is 5.28. The first-order valence-corrected chi connectivity index (χ1v) is 7.00. The van der Waals surface area contributed by atoms with Crippen molar-refractivity contribution in [2.24, 2.45) is 5.92 Å². The number of ether oxygens (including phenoxy) is 1. The van der Waals surface area contributed by atoms with Gasteiger partial charge in [0.25, 0.3) is 5.88 Å². The highest BCUT2D eigenvalue weighted by atomic mass is 16.5. The van der Waals surface area contributed by atoms with Crippen LogP contribution in [0.15, 0.2) is 24.3 Å². The van der Waals surface area contributed by atoms with E-state index in [1.165, 1.54) is 6.42 Å². The summed E-state index contributed by atoms with van der Waals surface area (Å²) in [4.78, 5) is 11.4. The van der Waals surface area contributed by atoms with Crippen molar-refractivity contribution in [1.82, 2.24) is 15.3 Å². The molecule has 3 rings (SSSR count). The molecule has 5 heteroatoms. The molecule has 20 heavy (non-hydrogen) atoms. The fraction of sp³-hybridized carbons (Fsp3) is 0.467. The lowest BCUT2D eigenvalue weighted by Gasteiger charge is -2.23. The van der Waals surface area contributed by atoms with E-state index >= 15 is 0 Å². The molecule has 0 radical (unpaired) electrons. The molecular formula is C15H20N4O. The van der Waals surface area contributed by atoms with E-state index in [1.807, 2.05) is 24.3 Å². The van der Waals surface area contributed by atoms with E-state index in [0.29, 0.717) is 11.8 Å². The van der Waals surface area contributed by atoms with Crippen LogP contribution in [0.5, 0.6) is 5.88 Å². The molecule has 1 aliphatic rings. The van der Waals surface area contributed by atoms with Crippen molar-refractivity contribution in [1.29, 1.82) is 0 Å². The van der Waals surface area contributed by atoms with Gasteiger partial charge in [-0.05, 0) is 37.6 Å². The maximum Gasteiger partial charge on any atom is 0.257 e. The molecule has 106 valence electrons. The van der Waals surface area contributed by atoms with E-state index < -0.39 is 0 Å². The van der Waals surface area contributed by atoms with Gasteiger partial charge >= 0.3 is 0 Å². The van der Waals surface area contributed by atoms with E-state index in [0.717, 1.165) is 36.5 Å². The predicted octanol–water partition coefficient (Wildman–Crippen LogP) is 1.68. The van der Waals surface area contributed by atoms with Gasteiger partial charge in [0.2, 0.25) is 0 Å². The monoisotopic (exact) mass is 272 g/mol. The molecule has 1 aliphatic heterocycles. The van der Waals surface area contributed by atoms with E-state index in [1.54, 1.807) is 7.11 Å². The minimum atomic E-state index is 0.595. The molecule has 1 saturated heterocycles. The molecule has 2 heterocycles. The Morgan fingerprint density at radius 2 is 2.05 bits per heavy atom. The van der Waals surface area contributed by atoms with Crippen molar-refractivity contribution < 1.29 is 4.74 Å². The normalized spacial score (nSPS) is 18.4. The van der Waals surface area contributed by atoms with Crippen LogP contribution in [0.2, 0.25) is 0 Å². The Bertz CT molecular complexity index is 595. The first-order chi connectivity index (χ1) is 9.78. The molecule has 0 spiro atoms. The number of anilines is 1. The van der Waals surface area contributed by atoms with E-state index in [2.05, 4.69) is 22.2 Å². The van der Waals surface area contributed by atoms with Crippen LogP contribution in [-0.2, 0) is 0 Å². The first kappa shape index (κ1) is 13.1. The summed E-state index contributed by atoms with van der Waals surface area (Å²) in [5, 5.41) is 3.39. The van der Waals surface area contributed by atoms with E-state index in [9.17, 15) is 0 Å². The SMILES string of the molecule is COc1nc2ccccc2nc1N(C)CC1CCNC1. The number of para-hydroxylation sites is 2. The molecule has 1 unspecified atom stereocenters. The first-order valence-electron chi connectivity index (χ1n) is 7.00. The van der Waals surface area contributed by atoms with Crippen molar-refractivity contribution in [3.8, 4) is 5.88 Å². The zero-order valence-corrected chi connectivity index (χ0v) is 12.0. The van der Waals surface area contributed by atoms with Crippen molar-refractivity contribution in [2.45, 2.75) is 6.42 Å². The summed E-state index contributed by atoms with van der Waals surface area (Å²) in [6.07, 6.45) is 1.22. The Hall–Kier alpha value is -1.88. The fourth-order valence-corrected chi connectivity index (χ4v) is 2.70. The van der Waals surface area contributed by atoms with Crippen LogP contribution in [-0.4, -0.2) is 43.8 Å². The van der Waals surface area contributed by atoms with Gasteiger partial charge in [0.1, 0.15) is 0 Å². The highest BCUT2D eigenvalue weighted by Gasteiger charge is 2.20. The van der Waals surface area contributed by atoms with Gasteiger partial charge in [0, 0.05) is 13.6 Å². The standard InChI is InChI=1S/C15H20N4O/c1-19(10-11-7-8-16-9-11)14-15(20-2)18-13-6-4-3-5-12(13)17-14/h3-6,11,16H,7-10H2,1-2H3. The molecule has 1 N–H and O–H groups in total. The summed E-state index contributed by atoms with van der Waals surface area (Å²) in [5.41, 5.74) is 1.77. The van der Waals surface area contributed by atoms with Gasteiger partial charge in [-0.25, -0.2) is 9.97 Å². The van der Waals surface area contributed by atoms with Crippen LogP contribution >= 0.6 is 0 Å². The topological polar surface area (TPSA) is 50.3 Å². The lowest BCUT2D eigenvalue weighted by molar-refractivity contribution is 0.397. The number of hydrogen-bond acceptors (Lipinski definition) is 5. The molecule has 0 bridgehead atoms. The summed E-state index contributed by atoms with van der Waals surface area (Å²) in [6.45, 7) is 3.16. The molecular weight excluding hydrogens is 252 g/mol. The number of nitrogens with zero attached hydrogens (tertiary/aromatic N) is 3. The third-order valence-corrected chi connectivity index (χ3v) is 3.77. The Kier molecular flexibility index (Phi) is 3.69. The molecule has 0 saturated carbocycles. The van der Waals surface area contributed by atoms with Gasteiger partial charge in [-0.2, -0.15) is 0 Å². The number of fused-ring (bicyclic) bond motifs is 1. The molecule has 5 nitrogen and oxygen atoms in total. The Morgan fingerprint density at radius 1 is 1.30 bits per heavy atom. The summed E-state index contributed by atoms with van der Waals surface area (Å²) in [6, 6.07) is 7.88. The fourth-order valence-electron chi connectivity index (χ4n) is 2.70. The highest BCUT2D eigenvalue weighted by molar-refractivity contribution is 5.77. The zero-order chi connectivity index (χ0) is 13.9. The van der Waals surface area contributed by atoms with Crippen molar-refractivity contribution in [2.75, 3.05) is 38.7 Å². The number of benzene rings is 1. The number of methoxy groups -OCH3 is 1. The molecule has 1 fully saturated rings. The molecule has 0 aliphatic carbocycles. The van der Waals surface area contributed by atoms with Gasteiger partial charge in [-0.3, -0.25) is 0 Å². The van der Waals surface area contributed by atoms with Crippen molar-refractivity contribution >= 4 is 16.9 Å². The van der Waals surface area contributed by atoms with Gasteiger partial charge in [0.15, 0.2) is 5.82 Å². The van der Waals surface area contributed by atoms with Crippen LogP contribution in [0.25, 0.3) is 11.0 Å². The number of rotatable bonds is 4. The second-order valence-electron chi connectivity index (χ2n) is 5.28. The maximum absolute atomic E-state index is 5.41. The summed E-state index contributed by atoms with van der Waals surface area (Å²) < 4.78 is 5.41. The minimum absolute atomic E-state index is 0.595. The smallest absolute Gasteiger partial charge is 0.257 e. The highest BCUT2D eigenvalue weighted by Crippen LogP contribution is 2.26. The van der Waals surface area contributed by atoms with Crippen LogP contribution < -0.4 is 15.0 Å². The Balaban J connectivity index is 1.91. The average molecular weight is 272 g/mol. The third kappa shape index (κ3) is 2.54. The van der Waals surface area contributed by atoms with Crippen molar-refractivity contribution in [3.05, 3.63) is 24.3 Å². The second kappa shape index (κ2) is 5.63. The molecule has 1 atom stereocenters. The quantitative estimate of drug-likeness (QED) is 0.918. The molecule has 2 aromatic rings. The van der Waals surface area contributed by atoms with Crippen LogP contribution in [0.3, 0.4) is 0 Å². The summed E-state index contributed by atoms with van der Waals surface area (Å²) in [5.74, 6) is 2.08. The van der Waals surface area contributed by atoms with E-state index in [4.69, 9.17) is 9.72 Å². The zero-order valence-electron chi connectivity index (χ0n) is 12.0. The largest absolute Gasteiger partial charge is 0.478 e. The van der Waals surface area contributed by atoms with Gasteiger partial charge in [-0.15, -0.1) is 0 Å². The number of hydrogen-bond donors (Lipinski definition) is 1. The van der Waals surface area contributed by atoms with Crippen LogP contribution in [0.1, 0.15) is 6.42 Å². The average Bonchev–Trinajstić information content (AvgIpc) is 2.98. The van der Waals surface area contributed by atoms with Gasteiger partial charge < -0.3 is 15.0 Å². The van der Waals surface area contributed by atoms with E-state index in [-0.39, 0.29) is 0 Å². The molecule has 1 aromatic carbocycles. The lowest BCUT2D eigenvalue weighted by Crippen LogP contribution is -2.28. The maximum atomic E-state index is 5.41. The van der Waals surface area contributed by atoms with Crippen LogP contribution in [0.4, 0.5) is 5.82 Å². The van der Waals surface area contributed by atoms with Gasteiger partial charge in [-0.1, -0.05) is 12.1 Å². The predicted molar refractivity (Wildman–Crippen MR) is 80.3 cm³/mol. The molecule has 1 aromatic heterocycles. The Labute approximate surface area is 119 Å². The third-order valence-electron chi connectivity index (χ3n) is 3.77. The lowest BCUT2D eigenvalue weighted by atomic mass is 10.1. The number of aromatic nitrogens is 2. The molecule has 0 amide bonds. The minimum Gasteiger partial charge on any atom is -0.478 e. The summed E-state index contributed by atoms with van der Waals surface area (Å²) in [7, 11) is 3.70. The summed E-state index contributed by atoms with van der Waals surface area (Å²) >= 11 is 0. The van der Waals surface area contributed by atoms with Gasteiger partial charge in [0.05, 0.1) is 18.1 Å². The van der Waals surface area contributed by atoms with Crippen molar-refractivity contribution in [3.63, 3.8) is 0 Å². The number of nitrogens with one attached hydrogen (secondary N) is 1. The van der Waals surface area contributed by atoms with Crippen LogP contribution in [0, 0.1) is 5.92 Å².